The molecule has 0 saturated carbocycles. The minimum atomic E-state index is -0.956. The van der Waals surface area contributed by atoms with Crippen LogP contribution in [0, 0.1) is 0 Å². The average Bonchev–Trinajstić information content (AvgIpc) is 2.89. The largest absolute Gasteiger partial charge is 0.494 e. The Bertz CT molecular complexity index is 1270. The van der Waals surface area contributed by atoms with Gasteiger partial charge >= 0.3 is 11.8 Å². The third kappa shape index (κ3) is 9.25. The third-order valence-corrected chi connectivity index (χ3v) is 5.36. The fourth-order valence-corrected chi connectivity index (χ4v) is 3.38. The van der Waals surface area contributed by atoms with Crippen LogP contribution in [-0.2, 0) is 14.4 Å². The molecule has 0 saturated heterocycles. The Kier molecular flexibility index (Phi) is 10.5. The topological polar surface area (TPSA) is 118 Å². The summed E-state index contributed by atoms with van der Waals surface area (Å²) in [5, 5.41) is 9.58. The monoisotopic (exact) mass is 586 g/mol. The van der Waals surface area contributed by atoms with Crippen molar-refractivity contribution >= 4 is 62.8 Å². The molecule has 0 aliphatic rings. The van der Waals surface area contributed by atoms with E-state index in [1.807, 2.05) is 6.92 Å². The standard InChI is InChI=1S/C26H24BrClN4O5/c1-2-13-36-22-10-8-21(9-11-22)31-25(34)26(35)32-29-15-17-14-18(27)3-12-23(17)37-16-24(33)30-20-6-4-19(28)5-7-20/h3-12,14-15H,2,13,16H2,1H3,(H,30,33)(H,31,34)(H,32,35)/b29-15-. The Morgan fingerprint density at radius 2 is 1.59 bits per heavy atom. The normalized spacial score (nSPS) is 10.6. The Morgan fingerprint density at radius 1 is 0.919 bits per heavy atom. The first-order valence-electron chi connectivity index (χ1n) is 11.2. The Labute approximate surface area is 227 Å². The number of halogens is 2. The first kappa shape index (κ1) is 27.7. The SMILES string of the molecule is CCCOc1ccc(NC(=O)C(=O)N/N=C\c2cc(Br)ccc2OCC(=O)Nc2ccc(Cl)cc2)cc1. The zero-order valence-corrected chi connectivity index (χ0v) is 22.1. The van der Waals surface area contributed by atoms with Crippen LogP contribution in [0.25, 0.3) is 0 Å². The molecule has 192 valence electrons. The molecule has 9 nitrogen and oxygen atoms in total. The third-order valence-electron chi connectivity index (χ3n) is 4.62. The fourth-order valence-electron chi connectivity index (χ4n) is 2.88. The number of anilines is 2. The molecule has 0 aliphatic heterocycles. The van der Waals surface area contributed by atoms with E-state index in [4.69, 9.17) is 21.1 Å². The number of hydrogen-bond acceptors (Lipinski definition) is 6. The van der Waals surface area contributed by atoms with Crippen LogP contribution in [0.15, 0.2) is 76.3 Å². The van der Waals surface area contributed by atoms with Crippen molar-refractivity contribution in [1.82, 2.24) is 5.43 Å². The van der Waals surface area contributed by atoms with E-state index in [-0.39, 0.29) is 12.5 Å². The van der Waals surface area contributed by atoms with Gasteiger partial charge in [-0.1, -0.05) is 34.5 Å². The molecular weight excluding hydrogens is 564 g/mol. The van der Waals surface area contributed by atoms with Gasteiger partial charge in [-0.25, -0.2) is 5.43 Å². The number of benzene rings is 3. The first-order valence-corrected chi connectivity index (χ1v) is 12.4. The van der Waals surface area contributed by atoms with Crippen LogP contribution < -0.4 is 25.5 Å². The number of hydrazone groups is 1. The lowest BCUT2D eigenvalue weighted by Crippen LogP contribution is -2.32. The van der Waals surface area contributed by atoms with Crippen molar-refractivity contribution in [2.24, 2.45) is 5.10 Å². The van der Waals surface area contributed by atoms with E-state index in [0.29, 0.717) is 40.1 Å². The molecule has 0 radical (unpaired) electrons. The highest BCUT2D eigenvalue weighted by Crippen LogP contribution is 2.22. The molecule has 0 spiro atoms. The van der Waals surface area contributed by atoms with Crippen molar-refractivity contribution in [2.75, 3.05) is 23.8 Å². The number of carbonyl (C=O) groups excluding carboxylic acids is 3. The van der Waals surface area contributed by atoms with Gasteiger partial charge in [0.25, 0.3) is 5.91 Å². The van der Waals surface area contributed by atoms with Crippen molar-refractivity contribution in [3.05, 3.63) is 81.8 Å². The van der Waals surface area contributed by atoms with E-state index in [1.165, 1.54) is 6.21 Å². The summed E-state index contributed by atoms with van der Waals surface area (Å²) in [6.45, 7) is 2.33. The van der Waals surface area contributed by atoms with Crippen LogP contribution in [0.5, 0.6) is 11.5 Å². The number of amides is 3. The average molecular weight is 588 g/mol. The molecule has 0 heterocycles. The second-order valence-electron chi connectivity index (χ2n) is 7.55. The lowest BCUT2D eigenvalue weighted by atomic mass is 10.2. The summed E-state index contributed by atoms with van der Waals surface area (Å²) in [5.41, 5.74) is 3.66. The van der Waals surface area contributed by atoms with Gasteiger partial charge in [-0.3, -0.25) is 14.4 Å². The first-order chi connectivity index (χ1) is 17.8. The van der Waals surface area contributed by atoms with Crippen molar-refractivity contribution in [3.63, 3.8) is 0 Å². The van der Waals surface area contributed by atoms with Gasteiger partial charge in [0, 0.05) is 26.4 Å². The number of carbonyl (C=O) groups is 3. The molecule has 3 amide bonds. The van der Waals surface area contributed by atoms with E-state index in [2.05, 4.69) is 37.1 Å². The predicted molar refractivity (Wildman–Crippen MR) is 146 cm³/mol. The Morgan fingerprint density at radius 3 is 2.30 bits per heavy atom. The van der Waals surface area contributed by atoms with Gasteiger partial charge in [0.15, 0.2) is 6.61 Å². The Balaban J connectivity index is 1.53. The second-order valence-corrected chi connectivity index (χ2v) is 8.90. The van der Waals surface area contributed by atoms with Crippen molar-refractivity contribution in [1.29, 1.82) is 0 Å². The summed E-state index contributed by atoms with van der Waals surface area (Å²) in [4.78, 5) is 36.5. The minimum Gasteiger partial charge on any atom is -0.494 e. The van der Waals surface area contributed by atoms with E-state index >= 15 is 0 Å². The molecule has 3 aromatic carbocycles. The predicted octanol–water partition coefficient (Wildman–Crippen LogP) is 5.00. The van der Waals surface area contributed by atoms with Crippen molar-refractivity contribution in [2.45, 2.75) is 13.3 Å². The fraction of sp³-hybridized carbons (Fsp3) is 0.154. The van der Waals surface area contributed by atoms with Crippen LogP contribution >= 0.6 is 27.5 Å². The molecule has 0 fully saturated rings. The number of rotatable bonds is 10. The van der Waals surface area contributed by atoms with Crippen LogP contribution in [-0.4, -0.2) is 37.1 Å². The summed E-state index contributed by atoms with van der Waals surface area (Å²) in [5.74, 6) is -1.19. The molecule has 3 rings (SSSR count). The highest BCUT2D eigenvalue weighted by molar-refractivity contribution is 9.10. The van der Waals surface area contributed by atoms with Crippen LogP contribution in [0.1, 0.15) is 18.9 Å². The summed E-state index contributed by atoms with van der Waals surface area (Å²) in [6, 6.07) is 18.4. The molecule has 0 unspecified atom stereocenters. The summed E-state index contributed by atoms with van der Waals surface area (Å²) < 4.78 is 11.8. The van der Waals surface area contributed by atoms with Gasteiger partial charge in [0.05, 0.1) is 12.8 Å². The molecule has 0 bridgehead atoms. The summed E-state index contributed by atoms with van der Waals surface area (Å²) in [6.07, 6.45) is 2.19. The van der Waals surface area contributed by atoms with Crippen LogP contribution in [0.3, 0.4) is 0 Å². The lowest BCUT2D eigenvalue weighted by Gasteiger charge is -2.10. The van der Waals surface area contributed by atoms with Gasteiger partial charge < -0.3 is 20.1 Å². The zero-order chi connectivity index (χ0) is 26.6. The molecule has 11 heteroatoms. The number of nitrogens with one attached hydrogen (secondary N) is 3. The van der Waals surface area contributed by atoms with Crippen molar-refractivity contribution in [3.8, 4) is 11.5 Å². The zero-order valence-electron chi connectivity index (χ0n) is 19.8. The van der Waals surface area contributed by atoms with Gasteiger partial charge in [-0.2, -0.15) is 5.10 Å². The maximum atomic E-state index is 12.2. The molecule has 37 heavy (non-hydrogen) atoms. The smallest absolute Gasteiger partial charge is 0.329 e. The highest BCUT2D eigenvalue weighted by Gasteiger charge is 2.13. The van der Waals surface area contributed by atoms with Crippen molar-refractivity contribution < 1.29 is 23.9 Å². The molecule has 0 aliphatic carbocycles. The summed E-state index contributed by atoms with van der Waals surface area (Å²) in [7, 11) is 0. The Hall–Kier alpha value is -3.89. The summed E-state index contributed by atoms with van der Waals surface area (Å²) >= 11 is 9.21. The van der Waals surface area contributed by atoms with Gasteiger partial charge in [-0.05, 0) is 73.2 Å². The highest BCUT2D eigenvalue weighted by atomic mass is 79.9. The number of hydrogen-bond donors (Lipinski definition) is 3. The number of nitrogens with zero attached hydrogens (tertiary/aromatic N) is 1. The van der Waals surface area contributed by atoms with Gasteiger partial charge in [0.2, 0.25) is 0 Å². The van der Waals surface area contributed by atoms with E-state index in [1.54, 1.807) is 66.7 Å². The molecule has 0 aromatic heterocycles. The van der Waals surface area contributed by atoms with Crippen LogP contribution in [0.2, 0.25) is 5.02 Å². The van der Waals surface area contributed by atoms with Gasteiger partial charge in [-0.15, -0.1) is 0 Å². The number of ether oxygens (including phenoxy) is 2. The van der Waals surface area contributed by atoms with E-state index in [9.17, 15) is 14.4 Å². The second kappa shape index (κ2) is 14.0. The van der Waals surface area contributed by atoms with Gasteiger partial charge in [0.1, 0.15) is 11.5 Å². The minimum absolute atomic E-state index is 0.262. The molecule has 0 atom stereocenters. The maximum Gasteiger partial charge on any atom is 0.329 e. The maximum absolute atomic E-state index is 12.2. The lowest BCUT2D eigenvalue weighted by molar-refractivity contribution is -0.136. The molecular formula is C26H24BrClN4O5. The molecule has 3 N–H and O–H groups in total. The van der Waals surface area contributed by atoms with E-state index in [0.717, 1.165) is 10.9 Å². The van der Waals surface area contributed by atoms with Crippen LogP contribution in [0.4, 0.5) is 11.4 Å². The van der Waals surface area contributed by atoms with E-state index < -0.39 is 11.8 Å². The quantitative estimate of drug-likeness (QED) is 0.175. The molecule has 3 aromatic rings.